The van der Waals surface area contributed by atoms with Gasteiger partial charge in [0.2, 0.25) is 0 Å². The number of cyclic esters (lactones) is 1. The molecule has 1 aliphatic heterocycles. The van der Waals surface area contributed by atoms with Crippen molar-refractivity contribution in [1.29, 1.82) is 0 Å². The molecule has 1 aromatic heterocycles. The standard InChI is InChI=1S/C14H15BrF2N2O2/c1-14(2)12(19-7-11(16)17)9(13(20)21-14)5-8-3-4-10(15)18-6-8/h3-4,6,11,19H,5,7H2,1-2H3. The number of hydrogen-bond acceptors (Lipinski definition) is 4. The molecule has 0 radical (unpaired) electrons. The molecular formula is C14H15BrF2N2O2. The number of halogens is 3. The number of nitrogens with one attached hydrogen (secondary N) is 1. The summed E-state index contributed by atoms with van der Waals surface area (Å²) >= 11 is 3.23. The number of aromatic nitrogens is 1. The first-order valence-corrected chi connectivity index (χ1v) is 7.18. The van der Waals surface area contributed by atoms with E-state index in [4.69, 9.17) is 4.74 Å². The molecule has 114 valence electrons. The molecule has 0 atom stereocenters. The largest absolute Gasteiger partial charge is 0.450 e. The molecule has 2 rings (SSSR count). The fourth-order valence-corrected chi connectivity index (χ4v) is 2.42. The predicted molar refractivity (Wildman–Crippen MR) is 76.8 cm³/mol. The smallest absolute Gasteiger partial charge is 0.337 e. The molecule has 0 saturated heterocycles. The van der Waals surface area contributed by atoms with E-state index in [1.54, 1.807) is 26.1 Å². The molecule has 0 amide bonds. The van der Waals surface area contributed by atoms with Crippen LogP contribution in [0.15, 0.2) is 34.2 Å². The maximum Gasteiger partial charge on any atom is 0.337 e. The number of carbonyl (C=O) groups excluding carboxylic acids is 1. The molecule has 0 saturated carbocycles. The molecule has 1 N–H and O–H groups in total. The van der Waals surface area contributed by atoms with E-state index in [-0.39, 0.29) is 6.42 Å². The van der Waals surface area contributed by atoms with Crippen LogP contribution in [0, 0.1) is 0 Å². The number of rotatable bonds is 5. The number of nitrogens with zero attached hydrogens (tertiary/aromatic N) is 1. The minimum atomic E-state index is -2.50. The van der Waals surface area contributed by atoms with E-state index in [0.717, 1.165) is 5.56 Å². The van der Waals surface area contributed by atoms with Crippen LogP contribution in [0.1, 0.15) is 19.4 Å². The molecule has 0 aromatic carbocycles. The summed E-state index contributed by atoms with van der Waals surface area (Å²) in [5.74, 6) is -0.486. The highest BCUT2D eigenvalue weighted by Gasteiger charge is 2.40. The van der Waals surface area contributed by atoms with Crippen molar-refractivity contribution in [3.63, 3.8) is 0 Å². The zero-order valence-electron chi connectivity index (χ0n) is 11.6. The topological polar surface area (TPSA) is 51.2 Å². The van der Waals surface area contributed by atoms with Crippen LogP contribution in [0.4, 0.5) is 8.78 Å². The number of hydrogen-bond donors (Lipinski definition) is 1. The van der Waals surface area contributed by atoms with Gasteiger partial charge in [-0.1, -0.05) is 6.07 Å². The van der Waals surface area contributed by atoms with Gasteiger partial charge in [-0.2, -0.15) is 0 Å². The van der Waals surface area contributed by atoms with Crippen LogP contribution in [-0.2, 0) is 16.0 Å². The third kappa shape index (κ3) is 3.78. The summed E-state index contributed by atoms with van der Waals surface area (Å²) in [6.07, 6.45) is -0.589. The van der Waals surface area contributed by atoms with Gasteiger partial charge in [0.05, 0.1) is 17.8 Å². The average molecular weight is 361 g/mol. The van der Waals surface area contributed by atoms with Crippen molar-refractivity contribution in [2.75, 3.05) is 6.54 Å². The lowest BCUT2D eigenvalue weighted by Gasteiger charge is -2.22. The van der Waals surface area contributed by atoms with E-state index in [1.807, 2.05) is 6.07 Å². The van der Waals surface area contributed by atoms with E-state index in [0.29, 0.717) is 15.9 Å². The number of pyridine rings is 1. The van der Waals surface area contributed by atoms with Gasteiger partial charge in [0, 0.05) is 12.6 Å². The fourth-order valence-electron chi connectivity index (χ4n) is 2.18. The first-order valence-electron chi connectivity index (χ1n) is 6.39. The predicted octanol–water partition coefficient (Wildman–Crippen LogP) is 2.83. The Balaban J connectivity index is 2.27. The van der Waals surface area contributed by atoms with Crippen molar-refractivity contribution in [2.24, 2.45) is 0 Å². The van der Waals surface area contributed by atoms with Crippen molar-refractivity contribution in [2.45, 2.75) is 32.3 Å². The van der Waals surface area contributed by atoms with Crippen molar-refractivity contribution < 1.29 is 18.3 Å². The second-order valence-electron chi connectivity index (χ2n) is 5.19. The van der Waals surface area contributed by atoms with E-state index >= 15 is 0 Å². The number of carbonyl (C=O) groups is 1. The molecule has 0 aliphatic carbocycles. The van der Waals surface area contributed by atoms with E-state index in [9.17, 15) is 13.6 Å². The van der Waals surface area contributed by atoms with Crippen LogP contribution >= 0.6 is 15.9 Å². The Labute approximate surface area is 129 Å². The number of alkyl halides is 2. The van der Waals surface area contributed by atoms with E-state index < -0.39 is 24.5 Å². The van der Waals surface area contributed by atoms with Gasteiger partial charge >= 0.3 is 5.97 Å². The van der Waals surface area contributed by atoms with Gasteiger partial charge in [0.15, 0.2) is 0 Å². The third-order valence-electron chi connectivity index (χ3n) is 3.10. The Morgan fingerprint density at radius 2 is 2.14 bits per heavy atom. The Kier molecular flexibility index (Phi) is 4.61. The summed E-state index contributed by atoms with van der Waals surface area (Å²) in [5.41, 5.74) is 0.657. The Morgan fingerprint density at radius 1 is 1.43 bits per heavy atom. The summed E-state index contributed by atoms with van der Waals surface area (Å²) in [6, 6.07) is 3.57. The first-order chi connectivity index (χ1) is 9.79. The van der Waals surface area contributed by atoms with Gasteiger partial charge in [-0.3, -0.25) is 0 Å². The van der Waals surface area contributed by atoms with Crippen LogP contribution in [-0.4, -0.2) is 29.5 Å². The van der Waals surface area contributed by atoms with Gasteiger partial charge in [-0.25, -0.2) is 18.6 Å². The SMILES string of the molecule is CC1(C)OC(=O)C(Cc2ccc(Br)nc2)=C1NCC(F)F. The molecule has 0 bridgehead atoms. The Bertz CT molecular complexity index is 571. The highest BCUT2D eigenvalue weighted by Crippen LogP contribution is 2.32. The molecule has 1 aromatic rings. The van der Waals surface area contributed by atoms with Gasteiger partial charge in [-0.15, -0.1) is 0 Å². The molecular weight excluding hydrogens is 346 g/mol. The van der Waals surface area contributed by atoms with Crippen molar-refractivity contribution in [1.82, 2.24) is 10.3 Å². The normalized spacial score (nSPS) is 17.3. The monoisotopic (exact) mass is 360 g/mol. The molecule has 0 unspecified atom stereocenters. The number of esters is 1. The minimum absolute atomic E-state index is 0.286. The van der Waals surface area contributed by atoms with Crippen molar-refractivity contribution >= 4 is 21.9 Å². The Morgan fingerprint density at radius 3 is 2.71 bits per heavy atom. The van der Waals surface area contributed by atoms with Crippen LogP contribution in [0.5, 0.6) is 0 Å². The fraction of sp³-hybridized carbons (Fsp3) is 0.429. The van der Waals surface area contributed by atoms with Crippen LogP contribution < -0.4 is 5.32 Å². The van der Waals surface area contributed by atoms with E-state index in [2.05, 4.69) is 26.2 Å². The lowest BCUT2D eigenvalue weighted by atomic mass is 9.99. The lowest BCUT2D eigenvalue weighted by Crippen LogP contribution is -2.34. The maximum atomic E-state index is 12.4. The molecule has 21 heavy (non-hydrogen) atoms. The highest BCUT2D eigenvalue weighted by molar-refractivity contribution is 9.10. The highest BCUT2D eigenvalue weighted by atomic mass is 79.9. The van der Waals surface area contributed by atoms with Gasteiger partial charge in [0.25, 0.3) is 6.43 Å². The molecule has 0 spiro atoms. The third-order valence-corrected chi connectivity index (χ3v) is 3.57. The van der Waals surface area contributed by atoms with Gasteiger partial charge in [0.1, 0.15) is 10.2 Å². The first kappa shape index (κ1) is 15.9. The van der Waals surface area contributed by atoms with Gasteiger partial charge < -0.3 is 10.1 Å². The zero-order valence-corrected chi connectivity index (χ0v) is 13.2. The van der Waals surface area contributed by atoms with Crippen LogP contribution in [0.25, 0.3) is 0 Å². The maximum absolute atomic E-state index is 12.4. The van der Waals surface area contributed by atoms with Crippen LogP contribution in [0.3, 0.4) is 0 Å². The summed E-state index contributed by atoms with van der Waals surface area (Å²) in [4.78, 5) is 16.1. The second-order valence-corrected chi connectivity index (χ2v) is 6.00. The summed E-state index contributed by atoms with van der Waals surface area (Å²) in [5, 5.41) is 2.64. The molecule has 2 heterocycles. The van der Waals surface area contributed by atoms with Gasteiger partial charge in [-0.05, 0) is 41.4 Å². The summed E-state index contributed by atoms with van der Waals surface area (Å²) in [7, 11) is 0. The van der Waals surface area contributed by atoms with Crippen LogP contribution in [0.2, 0.25) is 0 Å². The quantitative estimate of drug-likeness (QED) is 0.647. The van der Waals surface area contributed by atoms with Crippen molar-refractivity contribution in [3.05, 3.63) is 39.8 Å². The van der Waals surface area contributed by atoms with Crippen molar-refractivity contribution in [3.8, 4) is 0 Å². The lowest BCUT2D eigenvalue weighted by molar-refractivity contribution is -0.144. The second kappa shape index (κ2) is 6.09. The number of ether oxygens (including phenoxy) is 1. The minimum Gasteiger partial charge on any atom is -0.450 e. The zero-order chi connectivity index (χ0) is 15.6. The molecule has 7 heteroatoms. The molecule has 4 nitrogen and oxygen atoms in total. The molecule has 0 fully saturated rings. The van der Waals surface area contributed by atoms with E-state index in [1.165, 1.54) is 0 Å². The summed E-state index contributed by atoms with van der Waals surface area (Å²) < 4.78 is 30.8. The Hall–Kier alpha value is -1.50. The summed E-state index contributed by atoms with van der Waals surface area (Å²) in [6.45, 7) is 2.83. The average Bonchev–Trinajstić information content (AvgIpc) is 2.59. The molecule has 1 aliphatic rings.